The Labute approximate surface area is 204 Å². The van der Waals surface area contributed by atoms with Gasteiger partial charge in [0, 0.05) is 17.7 Å². The highest BCUT2D eigenvalue weighted by atomic mass is 35.5. The third-order valence-electron chi connectivity index (χ3n) is 5.88. The number of benzene rings is 1. The summed E-state index contributed by atoms with van der Waals surface area (Å²) in [4.78, 5) is 17.9. The van der Waals surface area contributed by atoms with Gasteiger partial charge in [0.2, 0.25) is 0 Å². The van der Waals surface area contributed by atoms with E-state index in [4.69, 9.17) is 27.1 Å². The number of nitrogens with one attached hydrogen (secondary N) is 1. The molecule has 1 atom stereocenters. The largest absolute Gasteiger partial charge is 0.490 e. The summed E-state index contributed by atoms with van der Waals surface area (Å²) >= 11 is 6.28. The lowest BCUT2D eigenvalue weighted by Crippen LogP contribution is -2.40. The van der Waals surface area contributed by atoms with Crippen molar-refractivity contribution in [1.29, 1.82) is 0 Å². The Morgan fingerprint density at radius 1 is 1.47 bits per heavy atom. The highest BCUT2D eigenvalue weighted by Gasteiger charge is 2.44. The summed E-state index contributed by atoms with van der Waals surface area (Å²) in [6.07, 6.45) is 4.55. The summed E-state index contributed by atoms with van der Waals surface area (Å²) < 4.78 is 23.1. The topological polar surface area (TPSA) is 102 Å². The van der Waals surface area contributed by atoms with Crippen LogP contribution in [0.5, 0.6) is 5.75 Å². The third kappa shape index (κ3) is 4.83. The van der Waals surface area contributed by atoms with Gasteiger partial charge in [0.15, 0.2) is 5.82 Å². The molecule has 1 fully saturated rings. The van der Waals surface area contributed by atoms with Crippen LogP contribution < -0.4 is 15.8 Å². The monoisotopic (exact) mass is 490 g/mol. The summed E-state index contributed by atoms with van der Waals surface area (Å²) in [6.45, 7) is 12.8. The van der Waals surface area contributed by atoms with E-state index in [2.05, 4.69) is 11.9 Å². The van der Waals surface area contributed by atoms with Crippen LogP contribution in [-0.2, 0) is 0 Å². The van der Waals surface area contributed by atoms with Crippen LogP contribution in [0.25, 0.3) is 11.9 Å². The minimum absolute atomic E-state index is 0.0939. The summed E-state index contributed by atoms with van der Waals surface area (Å²) in [5, 5.41) is 12.2. The number of nitrogens with two attached hydrogens (primary N) is 1. The molecule has 0 aliphatic heterocycles. The molecule has 0 spiro atoms. The Morgan fingerprint density at radius 3 is 2.62 bits per heavy atom. The van der Waals surface area contributed by atoms with Gasteiger partial charge >= 0.3 is 0 Å². The van der Waals surface area contributed by atoms with Gasteiger partial charge < -0.3 is 25.5 Å². The highest BCUT2D eigenvalue weighted by Crippen LogP contribution is 2.41. The first-order chi connectivity index (χ1) is 16.0. The van der Waals surface area contributed by atoms with Crippen molar-refractivity contribution >= 4 is 29.4 Å². The van der Waals surface area contributed by atoms with Crippen molar-refractivity contribution in [2.45, 2.75) is 65.0 Å². The quantitative estimate of drug-likeness (QED) is 0.477. The van der Waals surface area contributed by atoms with Crippen molar-refractivity contribution in [3.05, 3.63) is 57.9 Å². The molecule has 1 aromatic carbocycles. The zero-order valence-corrected chi connectivity index (χ0v) is 21.0. The smallest absolute Gasteiger partial charge is 0.258 e. The summed E-state index contributed by atoms with van der Waals surface area (Å²) in [7, 11) is 0. The highest BCUT2D eigenvalue weighted by molar-refractivity contribution is 6.31. The second-order valence-electron chi connectivity index (χ2n) is 9.03. The number of imidazole rings is 1. The van der Waals surface area contributed by atoms with E-state index in [0.717, 1.165) is 0 Å². The van der Waals surface area contributed by atoms with Crippen LogP contribution in [0.1, 0.15) is 79.6 Å². The van der Waals surface area contributed by atoms with Gasteiger partial charge in [0.05, 0.1) is 40.4 Å². The Kier molecular flexibility index (Phi) is 7.43. The van der Waals surface area contributed by atoms with Gasteiger partial charge in [0.1, 0.15) is 17.1 Å². The van der Waals surface area contributed by atoms with Gasteiger partial charge in [-0.1, -0.05) is 31.2 Å². The number of aromatic nitrogens is 2. The Bertz CT molecular complexity index is 1150. The fraction of sp³-hybridized carbons (Fsp3) is 0.440. The lowest BCUT2D eigenvalue weighted by Gasteiger charge is -2.24. The van der Waals surface area contributed by atoms with Gasteiger partial charge in [-0.05, 0) is 46.6 Å². The van der Waals surface area contributed by atoms with Gasteiger partial charge in [-0.2, -0.15) is 0 Å². The number of rotatable bonds is 9. The van der Waals surface area contributed by atoms with Crippen LogP contribution in [0.4, 0.5) is 4.39 Å². The molecular weight excluding hydrogens is 459 g/mol. The van der Waals surface area contributed by atoms with E-state index in [0.29, 0.717) is 41.3 Å². The van der Waals surface area contributed by atoms with Gasteiger partial charge in [-0.25, -0.2) is 9.37 Å². The second-order valence-corrected chi connectivity index (χ2v) is 9.44. The number of hydrogen-bond acceptors (Lipinski definition) is 5. The maximum Gasteiger partial charge on any atom is 0.258 e. The fourth-order valence-electron chi connectivity index (χ4n) is 3.99. The van der Waals surface area contributed by atoms with Crippen LogP contribution in [-0.4, -0.2) is 38.8 Å². The van der Waals surface area contributed by atoms with Gasteiger partial charge in [0.25, 0.3) is 5.91 Å². The van der Waals surface area contributed by atoms with Crippen molar-refractivity contribution in [2.24, 2.45) is 5.73 Å². The molecule has 1 aliphatic rings. The van der Waals surface area contributed by atoms with Crippen molar-refractivity contribution < 1.29 is 19.0 Å². The molecule has 1 aromatic heterocycles. The van der Waals surface area contributed by atoms with Crippen LogP contribution in [0, 0.1) is 12.7 Å². The molecule has 1 saturated carbocycles. The average Bonchev–Trinajstić information content (AvgIpc) is 3.44. The molecule has 184 valence electrons. The van der Waals surface area contributed by atoms with Gasteiger partial charge in [-0.3, -0.25) is 4.79 Å². The first-order valence-corrected chi connectivity index (χ1v) is 11.6. The number of aryl methyl sites for hydroxylation is 1. The predicted molar refractivity (Wildman–Crippen MR) is 132 cm³/mol. The molecule has 0 radical (unpaired) electrons. The molecule has 0 unspecified atom stereocenters. The number of hydrogen-bond donors (Lipinski definition) is 3. The minimum Gasteiger partial charge on any atom is -0.490 e. The SMILES string of the molecule is C=C(N)c1c(C)nc([C@H](C)c2cc(Cl)c(F)c(C(=O)NC3(CO)CC3)c2OC(C)C)n1/C=C\C. The molecule has 0 saturated heterocycles. The summed E-state index contributed by atoms with van der Waals surface area (Å²) in [5.41, 5.74) is 7.21. The van der Waals surface area contributed by atoms with E-state index >= 15 is 4.39 Å². The molecule has 9 heteroatoms. The van der Waals surface area contributed by atoms with E-state index < -0.39 is 23.2 Å². The van der Waals surface area contributed by atoms with E-state index in [1.54, 1.807) is 13.8 Å². The van der Waals surface area contributed by atoms with Crippen LogP contribution in [0.3, 0.4) is 0 Å². The maximum atomic E-state index is 15.3. The van der Waals surface area contributed by atoms with Crippen molar-refractivity contribution in [3.63, 3.8) is 0 Å². The number of carbonyl (C=O) groups excluding carboxylic acids is 1. The number of nitrogens with zero attached hydrogens (tertiary/aromatic N) is 2. The molecule has 0 bridgehead atoms. The zero-order chi connectivity index (χ0) is 25.4. The minimum atomic E-state index is -0.872. The lowest BCUT2D eigenvalue weighted by molar-refractivity contribution is 0.0896. The molecule has 7 nitrogen and oxygen atoms in total. The van der Waals surface area contributed by atoms with E-state index in [-0.39, 0.29) is 29.0 Å². The number of allylic oxidation sites excluding steroid dienone is 1. The predicted octanol–water partition coefficient (Wildman–Crippen LogP) is 4.60. The van der Waals surface area contributed by atoms with Crippen LogP contribution in [0.2, 0.25) is 5.02 Å². The molecule has 1 aliphatic carbocycles. The van der Waals surface area contributed by atoms with Crippen LogP contribution >= 0.6 is 11.6 Å². The molecule has 4 N–H and O–H groups in total. The van der Waals surface area contributed by atoms with E-state index in [9.17, 15) is 9.90 Å². The molecule has 1 amide bonds. The normalized spacial score (nSPS) is 15.6. The molecule has 34 heavy (non-hydrogen) atoms. The number of amides is 1. The lowest BCUT2D eigenvalue weighted by atomic mass is 9.95. The molecule has 2 aromatic rings. The zero-order valence-electron chi connectivity index (χ0n) is 20.2. The molecular formula is C25H32ClFN4O3. The number of carbonyl (C=O) groups is 1. The first kappa shape index (κ1) is 25.8. The number of aliphatic hydroxyl groups is 1. The molecule has 1 heterocycles. The van der Waals surface area contributed by atoms with E-state index in [1.165, 1.54) is 6.07 Å². The summed E-state index contributed by atoms with van der Waals surface area (Å²) in [6, 6.07) is 1.47. The maximum absolute atomic E-state index is 15.3. The van der Waals surface area contributed by atoms with Crippen molar-refractivity contribution in [3.8, 4) is 5.75 Å². The summed E-state index contributed by atoms with van der Waals surface area (Å²) in [5.74, 6) is -1.30. The fourth-order valence-corrected chi connectivity index (χ4v) is 4.20. The second kappa shape index (κ2) is 9.80. The number of aliphatic hydroxyl groups excluding tert-OH is 1. The standard InChI is InChI=1S/C25H32ClFN4O3/c1-7-10-31-21(15(5)28)16(6)29-23(31)14(4)17-11-18(26)20(27)19(22(17)34-13(2)3)24(33)30-25(12-32)8-9-25/h7,10-11,13-14,32H,5,8-9,12,28H2,1-4,6H3,(H,30,33)/b10-7-/t14-/m1/s1. The Hall–Kier alpha value is -2.84. The average molecular weight is 491 g/mol. The Balaban J connectivity index is 2.22. The van der Waals surface area contributed by atoms with E-state index in [1.807, 2.05) is 37.6 Å². The van der Waals surface area contributed by atoms with Crippen molar-refractivity contribution in [1.82, 2.24) is 14.9 Å². The van der Waals surface area contributed by atoms with Gasteiger partial charge in [-0.15, -0.1) is 0 Å². The number of ether oxygens (including phenoxy) is 1. The van der Waals surface area contributed by atoms with Crippen molar-refractivity contribution in [2.75, 3.05) is 6.61 Å². The third-order valence-corrected chi connectivity index (χ3v) is 6.16. The Morgan fingerprint density at radius 2 is 2.12 bits per heavy atom. The molecule has 3 rings (SSSR count). The first-order valence-electron chi connectivity index (χ1n) is 11.2. The van der Waals surface area contributed by atoms with Crippen LogP contribution in [0.15, 0.2) is 18.7 Å². The number of halogens is 2.